The lowest BCUT2D eigenvalue weighted by molar-refractivity contribution is -0.140. The van der Waals surface area contributed by atoms with Crippen LogP contribution in [0.25, 0.3) is 0 Å². The van der Waals surface area contributed by atoms with Gasteiger partial charge in [-0.25, -0.2) is 0 Å². The Labute approximate surface area is 128 Å². The van der Waals surface area contributed by atoms with Crippen LogP contribution < -0.4 is 10.6 Å². The molecule has 0 spiro atoms. The van der Waals surface area contributed by atoms with Crippen molar-refractivity contribution in [1.29, 1.82) is 5.41 Å². The molecule has 118 valence electrons. The Hall–Kier alpha value is -2.54. The number of benzene rings is 1. The highest BCUT2D eigenvalue weighted by atomic mass is 16.4. The number of likely N-dealkylation sites (N-methyl/N-ethyl adjacent to an activating group) is 1. The summed E-state index contributed by atoms with van der Waals surface area (Å²) >= 11 is 0. The molecular weight excluding hydrogens is 286 g/mol. The predicted molar refractivity (Wildman–Crippen MR) is 81.2 cm³/mol. The first-order valence-electron chi connectivity index (χ1n) is 6.79. The lowest BCUT2D eigenvalue weighted by Gasteiger charge is -2.13. The molecule has 1 atom stereocenters. The molecule has 1 amide bonds. The van der Waals surface area contributed by atoms with E-state index in [4.69, 9.17) is 10.5 Å². The third-order valence-corrected chi connectivity index (χ3v) is 3.04. The van der Waals surface area contributed by atoms with E-state index in [-0.39, 0.29) is 25.4 Å². The van der Waals surface area contributed by atoms with E-state index >= 15 is 0 Å². The molecule has 1 unspecified atom stereocenters. The Morgan fingerprint density at radius 1 is 1.23 bits per heavy atom. The van der Waals surface area contributed by atoms with E-state index in [1.165, 1.54) is 0 Å². The number of carbonyl (C=O) groups excluding carboxylic acids is 2. The fourth-order valence-electron chi connectivity index (χ4n) is 1.86. The first-order valence-corrected chi connectivity index (χ1v) is 6.79. The third-order valence-electron chi connectivity index (χ3n) is 3.04. The topological polar surface area (TPSA) is 119 Å². The van der Waals surface area contributed by atoms with Crippen LogP contribution in [-0.2, 0) is 9.59 Å². The molecule has 0 radical (unpaired) electrons. The zero-order chi connectivity index (χ0) is 16.5. The van der Waals surface area contributed by atoms with E-state index in [1.54, 1.807) is 37.4 Å². The van der Waals surface area contributed by atoms with Gasteiger partial charge in [0.2, 0.25) is 0 Å². The zero-order valence-corrected chi connectivity index (χ0v) is 12.3. The highest BCUT2D eigenvalue weighted by Gasteiger charge is 2.27. The molecule has 0 aliphatic rings. The number of ketones is 1. The molecule has 22 heavy (non-hydrogen) atoms. The van der Waals surface area contributed by atoms with Gasteiger partial charge in [0, 0.05) is 12.1 Å². The van der Waals surface area contributed by atoms with E-state index in [0.29, 0.717) is 5.56 Å². The Bertz CT molecular complexity index is 557. The van der Waals surface area contributed by atoms with Crippen molar-refractivity contribution in [3.05, 3.63) is 35.9 Å². The minimum Gasteiger partial charge on any atom is -0.481 e. The van der Waals surface area contributed by atoms with E-state index in [2.05, 4.69) is 10.6 Å². The van der Waals surface area contributed by atoms with Crippen LogP contribution in [0, 0.1) is 11.3 Å². The third kappa shape index (κ3) is 5.10. The molecule has 1 aromatic carbocycles. The van der Waals surface area contributed by atoms with E-state index in [1.807, 2.05) is 0 Å². The number of hydrogen-bond acceptors (Lipinski definition) is 5. The van der Waals surface area contributed by atoms with Crippen LogP contribution in [0.1, 0.15) is 16.8 Å². The highest BCUT2D eigenvalue weighted by Crippen LogP contribution is 2.06. The maximum atomic E-state index is 11.8. The summed E-state index contributed by atoms with van der Waals surface area (Å²) < 4.78 is 0. The summed E-state index contributed by atoms with van der Waals surface area (Å²) in [5.41, 5.74) is 0.00604. The van der Waals surface area contributed by atoms with E-state index < -0.39 is 23.4 Å². The summed E-state index contributed by atoms with van der Waals surface area (Å²) in [4.78, 5) is 34.6. The molecule has 0 heterocycles. The minimum absolute atomic E-state index is 0.0117. The van der Waals surface area contributed by atoms with Gasteiger partial charge in [0.15, 0.2) is 5.78 Å². The van der Waals surface area contributed by atoms with Crippen molar-refractivity contribution in [3.8, 4) is 0 Å². The average Bonchev–Trinajstić information content (AvgIpc) is 2.51. The minimum atomic E-state index is -1.25. The second-order valence-electron chi connectivity index (χ2n) is 4.67. The Balaban J connectivity index is 2.55. The number of nitrogens with one attached hydrogen (secondary N) is 3. The summed E-state index contributed by atoms with van der Waals surface area (Å²) in [6.07, 6.45) is -0.0117. The smallest absolute Gasteiger partial charge is 0.312 e. The van der Waals surface area contributed by atoms with E-state index in [9.17, 15) is 14.4 Å². The van der Waals surface area contributed by atoms with Gasteiger partial charge in [0.05, 0.1) is 12.3 Å². The Morgan fingerprint density at radius 3 is 2.41 bits per heavy atom. The fourth-order valence-corrected chi connectivity index (χ4v) is 1.86. The second-order valence-corrected chi connectivity index (χ2v) is 4.67. The van der Waals surface area contributed by atoms with Gasteiger partial charge in [-0.3, -0.25) is 14.4 Å². The Morgan fingerprint density at radius 2 is 1.86 bits per heavy atom. The van der Waals surface area contributed by atoms with Gasteiger partial charge >= 0.3 is 5.97 Å². The number of aliphatic carboxylic acids is 1. The van der Waals surface area contributed by atoms with Crippen molar-refractivity contribution in [2.45, 2.75) is 6.42 Å². The molecular formula is C15H19N3O4. The lowest BCUT2D eigenvalue weighted by Crippen LogP contribution is -2.37. The molecule has 0 aliphatic carbocycles. The SMILES string of the molecule is CNCC(=O)C(=N)C(CCNC(=O)c1ccccc1)C(=O)O. The van der Waals surface area contributed by atoms with Crippen LogP contribution in [0.4, 0.5) is 0 Å². The van der Waals surface area contributed by atoms with Gasteiger partial charge in [-0.1, -0.05) is 18.2 Å². The number of carboxylic acids is 1. The second kappa shape index (κ2) is 8.68. The van der Waals surface area contributed by atoms with Gasteiger partial charge in [0.25, 0.3) is 5.91 Å². The molecule has 0 saturated carbocycles. The van der Waals surface area contributed by atoms with Crippen molar-refractivity contribution in [2.24, 2.45) is 5.92 Å². The monoisotopic (exact) mass is 305 g/mol. The van der Waals surface area contributed by atoms with E-state index in [0.717, 1.165) is 0 Å². The van der Waals surface area contributed by atoms with Crippen LogP contribution in [-0.4, -0.2) is 48.6 Å². The summed E-state index contributed by atoms with van der Waals surface area (Å²) in [5, 5.41) is 21.9. The van der Waals surface area contributed by atoms with Gasteiger partial charge in [-0.15, -0.1) is 0 Å². The molecule has 0 bridgehead atoms. The predicted octanol–water partition coefficient (Wildman–Crippen LogP) is 0.316. The van der Waals surface area contributed by atoms with Gasteiger partial charge < -0.3 is 21.1 Å². The molecule has 7 nitrogen and oxygen atoms in total. The van der Waals surface area contributed by atoms with Gasteiger partial charge in [-0.2, -0.15) is 0 Å². The number of amides is 1. The van der Waals surface area contributed by atoms with Crippen LogP contribution in [0.15, 0.2) is 30.3 Å². The molecule has 1 aromatic rings. The number of rotatable bonds is 9. The number of carboxylic acid groups (broad SMARTS) is 1. The van der Waals surface area contributed by atoms with Crippen LogP contribution in [0.3, 0.4) is 0 Å². The molecule has 0 aromatic heterocycles. The zero-order valence-electron chi connectivity index (χ0n) is 12.3. The quantitative estimate of drug-likeness (QED) is 0.490. The summed E-state index contributed by atoms with van der Waals surface area (Å²) in [5.74, 6) is -3.36. The molecule has 0 fully saturated rings. The molecule has 4 N–H and O–H groups in total. The maximum absolute atomic E-state index is 11.8. The van der Waals surface area contributed by atoms with Crippen molar-refractivity contribution in [3.63, 3.8) is 0 Å². The maximum Gasteiger partial charge on any atom is 0.312 e. The molecule has 7 heteroatoms. The number of Topliss-reactive ketones (excluding diaryl/α,β-unsaturated/α-hetero) is 1. The van der Waals surface area contributed by atoms with Gasteiger partial charge in [-0.05, 0) is 25.6 Å². The van der Waals surface area contributed by atoms with Crippen molar-refractivity contribution >= 4 is 23.4 Å². The van der Waals surface area contributed by atoms with Crippen LogP contribution in [0.5, 0.6) is 0 Å². The van der Waals surface area contributed by atoms with Crippen molar-refractivity contribution < 1.29 is 19.5 Å². The fraction of sp³-hybridized carbons (Fsp3) is 0.333. The highest BCUT2D eigenvalue weighted by molar-refractivity contribution is 6.42. The summed E-state index contributed by atoms with van der Waals surface area (Å²) in [7, 11) is 1.54. The first kappa shape index (κ1) is 17.5. The van der Waals surface area contributed by atoms with Crippen molar-refractivity contribution in [2.75, 3.05) is 20.1 Å². The number of hydrogen-bond donors (Lipinski definition) is 4. The summed E-state index contributed by atoms with van der Waals surface area (Å²) in [6.45, 7) is -0.0150. The Kier molecular flexibility index (Phi) is 6.91. The van der Waals surface area contributed by atoms with Crippen LogP contribution >= 0.6 is 0 Å². The largest absolute Gasteiger partial charge is 0.481 e. The van der Waals surface area contributed by atoms with Crippen molar-refractivity contribution in [1.82, 2.24) is 10.6 Å². The average molecular weight is 305 g/mol. The molecule has 0 aliphatic heterocycles. The standard InChI is InChI=1S/C15H19N3O4/c1-17-9-12(19)13(16)11(15(21)22)7-8-18-14(20)10-5-3-2-4-6-10/h2-6,11,16-17H,7-9H2,1H3,(H,18,20)(H,21,22). The molecule has 1 rings (SSSR count). The van der Waals surface area contributed by atoms with Gasteiger partial charge in [0.1, 0.15) is 5.92 Å². The summed E-state index contributed by atoms with van der Waals surface area (Å²) in [6, 6.07) is 8.51. The number of carbonyl (C=O) groups is 3. The first-order chi connectivity index (χ1) is 10.5. The van der Waals surface area contributed by atoms with Crippen LogP contribution in [0.2, 0.25) is 0 Å². The normalized spacial score (nSPS) is 11.5. The lowest BCUT2D eigenvalue weighted by atomic mass is 9.96. The molecule has 0 saturated heterocycles.